The molecule has 1 rings (SSSR count). The van der Waals surface area contributed by atoms with Crippen LogP contribution in [0.1, 0.15) is 12.5 Å². The predicted octanol–water partition coefficient (Wildman–Crippen LogP) is 1.26. The molecular formula is C13H18N2O2S. The molecule has 0 aliphatic rings. The molecule has 1 aromatic carbocycles. The number of thiocarbonyl (C=S) groups is 1. The van der Waals surface area contributed by atoms with Crippen molar-refractivity contribution < 1.29 is 9.53 Å². The lowest BCUT2D eigenvalue weighted by molar-refractivity contribution is -0.141. The molecule has 0 saturated carbocycles. The number of benzene rings is 1. The highest BCUT2D eigenvalue weighted by atomic mass is 32.1. The van der Waals surface area contributed by atoms with Gasteiger partial charge in [-0.05, 0) is 31.1 Å². The summed E-state index contributed by atoms with van der Waals surface area (Å²) >= 11 is 5.04. The smallest absolute Gasteiger partial charge is 0.325 e. The van der Waals surface area contributed by atoms with Crippen LogP contribution in [0.5, 0.6) is 0 Å². The van der Waals surface area contributed by atoms with Gasteiger partial charge in [-0.1, -0.05) is 30.3 Å². The molecule has 18 heavy (non-hydrogen) atoms. The molecule has 0 aromatic heterocycles. The van der Waals surface area contributed by atoms with Crippen LogP contribution in [0.2, 0.25) is 0 Å². The fraction of sp³-hybridized carbons (Fsp3) is 0.385. The summed E-state index contributed by atoms with van der Waals surface area (Å²) in [5.74, 6) is -0.301. The molecule has 0 bridgehead atoms. The van der Waals surface area contributed by atoms with Crippen LogP contribution < -0.4 is 10.6 Å². The monoisotopic (exact) mass is 266 g/mol. The van der Waals surface area contributed by atoms with E-state index in [2.05, 4.69) is 22.8 Å². The first-order valence-corrected chi connectivity index (χ1v) is 6.34. The van der Waals surface area contributed by atoms with Gasteiger partial charge in [-0.3, -0.25) is 4.79 Å². The molecule has 0 aliphatic heterocycles. The zero-order valence-electron chi connectivity index (χ0n) is 10.4. The minimum atomic E-state index is -0.301. The van der Waals surface area contributed by atoms with E-state index in [1.165, 1.54) is 5.56 Å². The van der Waals surface area contributed by atoms with Crippen molar-refractivity contribution in [2.45, 2.75) is 13.3 Å². The van der Waals surface area contributed by atoms with Crippen molar-refractivity contribution in [2.24, 2.45) is 0 Å². The van der Waals surface area contributed by atoms with Gasteiger partial charge in [0.25, 0.3) is 0 Å². The van der Waals surface area contributed by atoms with E-state index >= 15 is 0 Å². The Hall–Kier alpha value is -1.62. The van der Waals surface area contributed by atoms with Gasteiger partial charge in [0, 0.05) is 6.54 Å². The predicted molar refractivity (Wildman–Crippen MR) is 75.4 cm³/mol. The Morgan fingerprint density at radius 3 is 2.67 bits per heavy atom. The molecule has 5 heteroatoms. The summed E-state index contributed by atoms with van der Waals surface area (Å²) in [4.78, 5) is 11.1. The van der Waals surface area contributed by atoms with E-state index in [-0.39, 0.29) is 12.5 Å². The molecule has 4 nitrogen and oxygen atoms in total. The second-order valence-corrected chi connectivity index (χ2v) is 4.06. The number of hydrogen-bond donors (Lipinski definition) is 2. The molecule has 0 spiro atoms. The zero-order valence-corrected chi connectivity index (χ0v) is 11.3. The number of nitrogens with one attached hydrogen (secondary N) is 2. The van der Waals surface area contributed by atoms with Crippen LogP contribution in [-0.2, 0) is 16.0 Å². The van der Waals surface area contributed by atoms with E-state index in [0.717, 1.165) is 13.0 Å². The average molecular weight is 266 g/mol. The molecule has 0 aliphatic carbocycles. The van der Waals surface area contributed by atoms with Gasteiger partial charge in [0.2, 0.25) is 0 Å². The minimum Gasteiger partial charge on any atom is -0.465 e. The standard InChI is InChI=1S/C13H18N2O2S/c1-2-17-12(16)10-15-13(18)14-9-8-11-6-4-3-5-7-11/h3-7H,2,8-10H2,1H3,(H2,14,15,18). The van der Waals surface area contributed by atoms with Gasteiger partial charge in [-0.25, -0.2) is 0 Å². The number of esters is 1. The van der Waals surface area contributed by atoms with E-state index in [9.17, 15) is 4.79 Å². The first-order chi connectivity index (χ1) is 8.72. The van der Waals surface area contributed by atoms with E-state index < -0.39 is 0 Å². The highest BCUT2D eigenvalue weighted by Crippen LogP contribution is 1.97. The Morgan fingerprint density at radius 1 is 1.28 bits per heavy atom. The summed E-state index contributed by atoms with van der Waals surface area (Å²) in [6.45, 7) is 2.99. The minimum absolute atomic E-state index is 0.102. The van der Waals surface area contributed by atoms with Crippen molar-refractivity contribution in [3.8, 4) is 0 Å². The summed E-state index contributed by atoms with van der Waals surface area (Å²) in [5, 5.41) is 6.31. The zero-order chi connectivity index (χ0) is 13.2. The van der Waals surface area contributed by atoms with Gasteiger partial charge >= 0.3 is 5.97 Å². The van der Waals surface area contributed by atoms with E-state index in [0.29, 0.717) is 11.7 Å². The number of rotatable bonds is 6. The largest absolute Gasteiger partial charge is 0.465 e. The molecular weight excluding hydrogens is 248 g/mol. The van der Waals surface area contributed by atoms with Gasteiger partial charge in [0.15, 0.2) is 5.11 Å². The Kier molecular flexibility index (Phi) is 6.79. The molecule has 2 N–H and O–H groups in total. The molecule has 0 unspecified atom stereocenters. The van der Waals surface area contributed by atoms with E-state index in [1.807, 2.05) is 18.2 Å². The second-order valence-electron chi connectivity index (χ2n) is 3.65. The van der Waals surface area contributed by atoms with E-state index in [4.69, 9.17) is 17.0 Å². The molecule has 0 radical (unpaired) electrons. The molecule has 0 heterocycles. The number of hydrogen-bond acceptors (Lipinski definition) is 3. The molecule has 0 fully saturated rings. The number of carbonyl (C=O) groups is 1. The molecule has 0 atom stereocenters. The van der Waals surface area contributed by atoms with Crippen LogP contribution >= 0.6 is 12.2 Å². The van der Waals surface area contributed by atoms with Gasteiger partial charge in [-0.15, -0.1) is 0 Å². The maximum absolute atomic E-state index is 11.1. The van der Waals surface area contributed by atoms with Crippen LogP contribution in [0.15, 0.2) is 30.3 Å². The van der Waals surface area contributed by atoms with Gasteiger partial charge in [0.05, 0.1) is 6.61 Å². The average Bonchev–Trinajstić information content (AvgIpc) is 2.38. The molecule has 1 aromatic rings. The number of ether oxygens (including phenoxy) is 1. The normalized spacial score (nSPS) is 9.61. The first kappa shape index (κ1) is 14.4. The van der Waals surface area contributed by atoms with Crippen molar-refractivity contribution in [1.82, 2.24) is 10.6 Å². The van der Waals surface area contributed by atoms with Crippen molar-refractivity contribution in [3.63, 3.8) is 0 Å². The Bertz CT molecular complexity index is 382. The topological polar surface area (TPSA) is 50.4 Å². The van der Waals surface area contributed by atoms with Gasteiger partial charge < -0.3 is 15.4 Å². The lowest BCUT2D eigenvalue weighted by atomic mass is 10.1. The summed E-state index contributed by atoms with van der Waals surface area (Å²) in [5.41, 5.74) is 1.25. The summed E-state index contributed by atoms with van der Waals surface area (Å²) in [6, 6.07) is 10.1. The second kappa shape index (κ2) is 8.47. The lowest BCUT2D eigenvalue weighted by Gasteiger charge is -2.09. The SMILES string of the molecule is CCOC(=O)CNC(=S)NCCc1ccccc1. The highest BCUT2D eigenvalue weighted by Gasteiger charge is 2.02. The van der Waals surface area contributed by atoms with E-state index in [1.54, 1.807) is 6.92 Å². The highest BCUT2D eigenvalue weighted by molar-refractivity contribution is 7.80. The molecule has 0 saturated heterocycles. The van der Waals surface area contributed by atoms with Crippen LogP contribution in [0.4, 0.5) is 0 Å². The Labute approximate surface area is 113 Å². The van der Waals surface area contributed by atoms with Crippen LogP contribution in [0.3, 0.4) is 0 Å². The lowest BCUT2D eigenvalue weighted by Crippen LogP contribution is -2.39. The molecule has 98 valence electrons. The third-order valence-electron chi connectivity index (χ3n) is 2.24. The van der Waals surface area contributed by atoms with Gasteiger partial charge in [0.1, 0.15) is 6.54 Å². The third-order valence-corrected chi connectivity index (χ3v) is 2.53. The van der Waals surface area contributed by atoms with Crippen molar-refractivity contribution in [3.05, 3.63) is 35.9 Å². The Morgan fingerprint density at radius 2 is 2.00 bits per heavy atom. The van der Waals surface area contributed by atoms with Gasteiger partial charge in [-0.2, -0.15) is 0 Å². The third kappa shape index (κ3) is 6.20. The van der Waals surface area contributed by atoms with Crippen molar-refractivity contribution in [1.29, 1.82) is 0 Å². The summed E-state index contributed by atoms with van der Waals surface area (Å²) in [7, 11) is 0. The Balaban J connectivity index is 2.12. The van der Waals surface area contributed by atoms with Crippen molar-refractivity contribution >= 4 is 23.3 Å². The quantitative estimate of drug-likeness (QED) is 0.599. The van der Waals surface area contributed by atoms with Crippen molar-refractivity contribution in [2.75, 3.05) is 19.7 Å². The fourth-order valence-corrected chi connectivity index (χ4v) is 1.57. The van der Waals surface area contributed by atoms with Crippen LogP contribution in [-0.4, -0.2) is 30.8 Å². The summed E-state index contributed by atoms with van der Waals surface area (Å²) in [6.07, 6.45) is 0.891. The summed E-state index contributed by atoms with van der Waals surface area (Å²) < 4.78 is 4.78. The van der Waals surface area contributed by atoms with Crippen LogP contribution in [0.25, 0.3) is 0 Å². The first-order valence-electron chi connectivity index (χ1n) is 5.93. The maximum Gasteiger partial charge on any atom is 0.325 e. The van der Waals surface area contributed by atoms with Crippen LogP contribution in [0, 0.1) is 0 Å². The number of carbonyl (C=O) groups excluding carboxylic acids is 1. The fourth-order valence-electron chi connectivity index (χ4n) is 1.39. The maximum atomic E-state index is 11.1. The molecule has 0 amide bonds.